The second-order valence-electron chi connectivity index (χ2n) is 23.4. The summed E-state index contributed by atoms with van der Waals surface area (Å²) in [6, 6.07) is 22.2. The fourth-order valence-electron chi connectivity index (χ4n) is 12.7. The summed E-state index contributed by atoms with van der Waals surface area (Å²) in [7, 11) is 1.78. The number of likely N-dealkylation sites (tertiary alicyclic amines) is 2. The maximum atomic E-state index is 14.3. The van der Waals surface area contributed by atoms with E-state index in [1.54, 1.807) is 7.05 Å². The van der Waals surface area contributed by atoms with Gasteiger partial charge in [0.05, 0.1) is 58.9 Å². The van der Waals surface area contributed by atoms with Crippen LogP contribution >= 0.6 is 0 Å². The summed E-state index contributed by atoms with van der Waals surface area (Å²) in [6.07, 6.45) is 11.0. The lowest BCUT2D eigenvalue weighted by atomic mass is 9.83. The SMILES string of the molecule is CCN(c1cc(-c2ccc(OCCOCCOCCOCCOCCOc3ccc(CCN4CC[C@@H]5CCN(C(=O)[C@@H](NC(=O)[C@H](C)NC)C6CCCCC6)[C@@H]5C4)cc3)cc2)cc(C(=O)CCc2c(C)cc(C)[nH]c2=O)c1C)C1CCOCC1. The average molecular weight is 1160 g/mol. The summed E-state index contributed by atoms with van der Waals surface area (Å²) in [4.78, 5) is 64.1. The predicted octanol–water partition coefficient (Wildman–Crippen LogP) is 8.45. The Morgan fingerprint density at radius 1 is 0.726 bits per heavy atom. The lowest BCUT2D eigenvalue weighted by molar-refractivity contribution is -0.140. The van der Waals surface area contributed by atoms with Crippen molar-refractivity contribution >= 4 is 23.3 Å². The van der Waals surface area contributed by atoms with Crippen molar-refractivity contribution in [3.63, 3.8) is 0 Å². The standard InChI is InChI=1S/C67H96N6O11/c1-7-72(56-26-31-78-32-27-56)61-45-55(44-60(49(61)4)63(74)22-21-59-47(2)43-48(3)69-66(59)76)52-15-19-58(20-16-52)84-42-40-82-38-36-80-34-33-79-35-37-81-39-41-83-57-17-13-51(14-18-57)23-28-71-29-24-53-25-30-73(62(53)46-71)67(77)64(54-11-9-8-10-12-54)70-65(75)50(5)68-6/h13-20,43-45,50,53-54,56,62,64,68H,7-12,21-42,46H2,1-6H3,(H,69,76)(H,70,75)/t50-,53+,62+,64-/m0/s1. The van der Waals surface area contributed by atoms with E-state index in [0.29, 0.717) is 95.6 Å². The van der Waals surface area contributed by atoms with Gasteiger partial charge in [-0.05, 0) is 182 Å². The minimum atomic E-state index is -0.443. The van der Waals surface area contributed by atoms with Crippen molar-refractivity contribution in [2.45, 2.75) is 136 Å². The van der Waals surface area contributed by atoms with Gasteiger partial charge in [-0.1, -0.05) is 43.5 Å². The number of pyridine rings is 1. The lowest BCUT2D eigenvalue weighted by Crippen LogP contribution is -2.58. The summed E-state index contributed by atoms with van der Waals surface area (Å²) in [5.41, 5.74) is 8.14. The van der Waals surface area contributed by atoms with Gasteiger partial charge in [0.25, 0.3) is 5.56 Å². The van der Waals surface area contributed by atoms with Gasteiger partial charge in [0.2, 0.25) is 11.8 Å². The first-order chi connectivity index (χ1) is 40.9. The molecule has 4 atom stereocenters. The molecule has 4 aliphatic rings. The summed E-state index contributed by atoms with van der Waals surface area (Å²) in [5.74, 6) is 2.32. The zero-order valence-electron chi connectivity index (χ0n) is 51.2. The van der Waals surface area contributed by atoms with Gasteiger partial charge in [-0.25, -0.2) is 0 Å². The second kappa shape index (κ2) is 33.3. The monoisotopic (exact) mass is 1160 g/mol. The molecule has 3 aliphatic heterocycles. The van der Waals surface area contributed by atoms with Crippen LogP contribution in [0.15, 0.2) is 71.5 Å². The van der Waals surface area contributed by atoms with Gasteiger partial charge >= 0.3 is 0 Å². The molecule has 0 unspecified atom stereocenters. The van der Waals surface area contributed by atoms with Crippen molar-refractivity contribution in [1.82, 2.24) is 25.4 Å². The Kier molecular flexibility index (Phi) is 25.5. The highest BCUT2D eigenvalue weighted by Crippen LogP contribution is 2.37. The van der Waals surface area contributed by atoms with Crippen LogP contribution in [0.5, 0.6) is 11.5 Å². The number of anilines is 1. The molecular formula is C67H96N6O11. The number of H-pyrrole nitrogens is 1. The van der Waals surface area contributed by atoms with Gasteiger partial charge in [0.1, 0.15) is 30.8 Å². The highest BCUT2D eigenvalue weighted by molar-refractivity contribution is 6.00. The van der Waals surface area contributed by atoms with Crippen molar-refractivity contribution in [2.24, 2.45) is 11.8 Å². The van der Waals surface area contributed by atoms with E-state index in [1.165, 1.54) is 12.0 Å². The molecule has 0 spiro atoms. The number of Topliss-reactive ketones (excluding diaryl/α,β-unsaturated/α-hetero) is 1. The van der Waals surface area contributed by atoms with Crippen LogP contribution in [0.4, 0.5) is 5.69 Å². The van der Waals surface area contributed by atoms with E-state index in [1.807, 2.05) is 76.2 Å². The predicted molar refractivity (Wildman–Crippen MR) is 329 cm³/mol. The van der Waals surface area contributed by atoms with Crippen LogP contribution in [0.25, 0.3) is 11.1 Å². The zero-order valence-corrected chi connectivity index (χ0v) is 51.2. The average Bonchev–Trinajstić information content (AvgIpc) is 2.87. The number of aromatic nitrogens is 1. The molecule has 17 nitrogen and oxygen atoms in total. The molecule has 84 heavy (non-hydrogen) atoms. The first kappa shape index (κ1) is 64.3. The third-order valence-corrected chi connectivity index (χ3v) is 17.7. The van der Waals surface area contributed by atoms with Crippen molar-refractivity contribution in [3.8, 4) is 22.6 Å². The van der Waals surface area contributed by atoms with Crippen LogP contribution in [0, 0.1) is 32.6 Å². The number of carbonyl (C=O) groups excluding carboxylic acids is 3. The van der Waals surface area contributed by atoms with Crippen LogP contribution in [-0.2, 0) is 46.1 Å². The normalized spacial score (nSPS) is 18.5. The van der Waals surface area contributed by atoms with Gasteiger partial charge in [0.15, 0.2) is 5.78 Å². The first-order valence-corrected chi connectivity index (χ1v) is 31.4. The minimum Gasteiger partial charge on any atom is -0.491 e. The van der Waals surface area contributed by atoms with E-state index in [4.69, 9.17) is 33.2 Å². The van der Waals surface area contributed by atoms with E-state index in [0.717, 1.165) is 149 Å². The molecule has 460 valence electrons. The fraction of sp³-hybridized carbons (Fsp3) is 0.612. The topological polar surface area (TPSA) is 182 Å². The number of likely N-dealkylation sites (N-methyl/N-ethyl adjacent to an activating group) is 1. The number of hydrogen-bond acceptors (Lipinski definition) is 14. The van der Waals surface area contributed by atoms with E-state index >= 15 is 0 Å². The van der Waals surface area contributed by atoms with E-state index < -0.39 is 6.04 Å². The quantitative estimate of drug-likeness (QED) is 0.0305. The Morgan fingerprint density at radius 2 is 1.33 bits per heavy atom. The molecular weight excluding hydrogens is 1060 g/mol. The van der Waals surface area contributed by atoms with Crippen molar-refractivity contribution in [3.05, 3.63) is 111 Å². The van der Waals surface area contributed by atoms with Crippen molar-refractivity contribution < 1.29 is 47.5 Å². The first-order valence-electron chi connectivity index (χ1n) is 31.4. The number of aryl methyl sites for hydroxylation is 2. The number of carbonyl (C=O) groups is 3. The fourth-order valence-corrected chi connectivity index (χ4v) is 12.7. The third kappa shape index (κ3) is 18.4. The van der Waals surface area contributed by atoms with Crippen LogP contribution < -0.4 is 30.6 Å². The molecule has 3 aromatic carbocycles. The zero-order chi connectivity index (χ0) is 59.2. The van der Waals surface area contributed by atoms with Gasteiger partial charge in [-0.2, -0.15) is 0 Å². The number of nitrogens with one attached hydrogen (secondary N) is 3. The maximum Gasteiger partial charge on any atom is 0.251 e. The highest BCUT2D eigenvalue weighted by atomic mass is 16.6. The van der Waals surface area contributed by atoms with E-state index in [2.05, 4.69) is 55.4 Å². The van der Waals surface area contributed by atoms with Crippen LogP contribution in [0.3, 0.4) is 0 Å². The van der Waals surface area contributed by atoms with Crippen molar-refractivity contribution in [1.29, 1.82) is 0 Å². The summed E-state index contributed by atoms with van der Waals surface area (Å²) in [5, 5.41) is 6.22. The number of fused-ring (bicyclic) bond motifs is 1. The molecule has 8 rings (SSSR count). The molecule has 0 bridgehead atoms. The molecule has 2 amide bonds. The van der Waals surface area contributed by atoms with E-state index in [9.17, 15) is 19.2 Å². The number of amides is 2. The summed E-state index contributed by atoms with van der Waals surface area (Å²) >= 11 is 0. The van der Waals surface area contributed by atoms with Gasteiger partial charge in [-0.3, -0.25) is 19.2 Å². The Labute approximate surface area is 499 Å². The highest BCUT2D eigenvalue weighted by Gasteiger charge is 2.44. The molecule has 3 N–H and O–H groups in total. The molecule has 1 saturated carbocycles. The number of benzene rings is 3. The maximum absolute atomic E-state index is 14.3. The van der Waals surface area contributed by atoms with Gasteiger partial charge < -0.3 is 63.5 Å². The van der Waals surface area contributed by atoms with Gasteiger partial charge in [0, 0.05) is 80.4 Å². The largest absolute Gasteiger partial charge is 0.491 e. The Hall–Kier alpha value is -5.66. The molecule has 3 saturated heterocycles. The number of hydrogen-bond donors (Lipinski definition) is 3. The number of rotatable bonds is 33. The van der Waals surface area contributed by atoms with Crippen LogP contribution in [0.2, 0.25) is 0 Å². The van der Waals surface area contributed by atoms with Crippen LogP contribution in [0.1, 0.15) is 116 Å². The number of piperidine rings is 1. The number of aromatic amines is 1. The third-order valence-electron chi connectivity index (χ3n) is 17.7. The number of ketones is 1. The van der Waals surface area contributed by atoms with Crippen molar-refractivity contribution in [2.75, 3.05) is 124 Å². The minimum absolute atomic E-state index is 0.0207. The molecule has 0 radical (unpaired) electrons. The summed E-state index contributed by atoms with van der Waals surface area (Å²) in [6.45, 7) is 20.2. The Balaban J connectivity index is 0.661. The van der Waals surface area contributed by atoms with Gasteiger partial charge in [-0.15, -0.1) is 0 Å². The molecule has 4 aromatic rings. The number of ether oxygens (including phenoxy) is 7. The smallest absolute Gasteiger partial charge is 0.251 e. The Bertz CT molecular complexity index is 2740. The Morgan fingerprint density at radius 3 is 1.94 bits per heavy atom. The lowest BCUT2D eigenvalue weighted by Gasteiger charge is -2.41. The molecule has 17 heteroatoms. The van der Waals surface area contributed by atoms with Crippen LogP contribution in [-0.4, -0.2) is 176 Å². The molecule has 4 heterocycles. The summed E-state index contributed by atoms with van der Waals surface area (Å²) < 4.78 is 40.5. The number of nitrogens with zero attached hydrogens (tertiary/aromatic N) is 3. The second-order valence-corrected chi connectivity index (χ2v) is 23.4. The molecule has 1 aromatic heterocycles. The molecule has 1 aliphatic carbocycles. The molecule has 4 fully saturated rings. The van der Waals surface area contributed by atoms with E-state index in [-0.39, 0.29) is 47.6 Å².